The Labute approximate surface area is 155 Å². The highest BCUT2D eigenvalue weighted by molar-refractivity contribution is 9.10. The number of aryl methyl sites for hydroxylation is 1. The van der Waals surface area contributed by atoms with Crippen LogP contribution in [0.1, 0.15) is 22.5 Å². The highest BCUT2D eigenvalue weighted by Crippen LogP contribution is 2.26. The fraction of sp³-hybridized carbons (Fsp3) is 0.150. The predicted octanol–water partition coefficient (Wildman–Crippen LogP) is 6.57. The van der Waals surface area contributed by atoms with Crippen molar-refractivity contribution in [3.05, 3.63) is 80.5 Å². The molecule has 0 bridgehead atoms. The van der Waals surface area contributed by atoms with Gasteiger partial charge in [-0.2, -0.15) is 0 Å². The van der Waals surface area contributed by atoms with Gasteiger partial charge in [-0.1, -0.05) is 33.6 Å². The van der Waals surface area contributed by atoms with Crippen LogP contribution in [-0.4, -0.2) is 10.8 Å². The van der Waals surface area contributed by atoms with Gasteiger partial charge >= 0.3 is 0 Å². The van der Waals surface area contributed by atoms with Crippen LogP contribution in [0.4, 0.5) is 5.69 Å². The lowest BCUT2D eigenvalue weighted by atomic mass is 10.2. The lowest BCUT2D eigenvalue weighted by molar-refractivity contribution is 0.964. The molecule has 4 heteroatoms. The number of aliphatic imine (C=N–C) groups is 1. The van der Waals surface area contributed by atoms with Crippen LogP contribution in [0.2, 0.25) is 5.02 Å². The van der Waals surface area contributed by atoms with Crippen molar-refractivity contribution in [1.82, 2.24) is 4.57 Å². The third-order valence-electron chi connectivity index (χ3n) is 4.14. The first-order valence-corrected chi connectivity index (χ1v) is 8.88. The largest absolute Gasteiger partial charge is 0.318 e. The topological polar surface area (TPSA) is 17.3 Å². The van der Waals surface area contributed by atoms with Crippen LogP contribution in [0.3, 0.4) is 0 Å². The van der Waals surface area contributed by atoms with E-state index in [2.05, 4.69) is 69.7 Å². The first kappa shape index (κ1) is 17.0. The molecule has 0 atom stereocenters. The Hall–Kier alpha value is -1.84. The zero-order chi connectivity index (χ0) is 17.3. The summed E-state index contributed by atoms with van der Waals surface area (Å²) in [6, 6.07) is 16.3. The van der Waals surface area contributed by atoms with Crippen LogP contribution in [-0.2, 0) is 0 Å². The summed E-state index contributed by atoms with van der Waals surface area (Å²) in [5, 5.41) is 0.741. The molecule has 0 fully saturated rings. The maximum Gasteiger partial charge on any atom is 0.0673 e. The standard InChI is InChI=1S/C20H18BrClN2/c1-13-11-16(12-23-20-6-4-5-19(22)14(20)2)15(3)24(13)18-9-7-17(21)8-10-18/h4-12H,1-3H3. The molecule has 1 aromatic heterocycles. The van der Waals surface area contributed by atoms with E-state index in [0.29, 0.717) is 0 Å². The van der Waals surface area contributed by atoms with E-state index < -0.39 is 0 Å². The molecule has 0 aliphatic heterocycles. The van der Waals surface area contributed by atoms with E-state index in [-0.39, 0.29) is 0 Å². The predicted molar refractivity (Wildman–Crippen MR) is 106 cm³/mol. The Morgan fingerprint density at radius 1 is 1.04 bits per heavy atom. The Kier molecular flexibility index (Phi) is 4.93. The molecule has 3 aromatic rings. The lowest BCUT2D eigenvalue weighted by Crippen LogP contribution is -1.99. The highest BCUT2D eigenvalue weighted by atomic mass is 79.9. The highest BCUT2D eigenvalue weighted by Gasteiger charge is 2.09. The second-order valence-electron chi connectivity index (χ2n) is 5.78. The van der Waals surface area contributed by atoms with Crippen LogP contribution in [0.5, 0.6) is 0 Å². The number of hydrogen-bond donors (Lipinski definition) is 0. The monoisotopic (exact) mass is 400 g/mol. The smallest absolute Gasteiger partial charge is 0.0673 e. The van der Waals surface area contributed by atoms with Gasteiger partial charge in [0.15, 0.2) is 0 Å². The van der Waals surface area contributed by atoms with Gasteiger partial charge in [0, 0.05) is 38.3 Å². The molecule has 0 aliphatic rings. The number of nitrogens with zero attached hydrogens (tertiary/aromatic N) is 2. The van der Waals surface area contributed by atoms with E-state index in [1.807, 2.05) is 31.3 Å². The van der Waals surface area contributed by atoms with Gasteiger partial charge in [-0.25, -0.2) is 0 Å². The maximum absolute atomic E-state index is 6.17. The molecule has 1 heterocycles. The molecule has 0 amide bonds. The Morgan fingerprint density at radius 3 is 2.46 bits per heavy atom. The van der Waals surface area contributed by atoms with Crippen LogP contribution in [0, 0.1) is 20.8 Å². The van der Waals surface area contributed by atoms with Gasteiger partial charge in [0.2, 0.25) is 0 Å². The second-order valence-corrected chi connectivity index (χ2v) is 7.10. The zero-order valence-corrected chi connectivity index (χ0v) is 16.2. The minimum Gasteiger partial charge on any atom is -0.318 e. The summed E-state index contributed by atoms with van der Waals surface area (Å²) in [6.07, 6.45) is 1.91. The average Bonchev–Trinajstić information content (AvgIpc) is 2.84. The molecule has 2 aromatic carbocycles. The van der Waals surface area contributed by atoms with Gasteiger partial charge in [-0.3, -0.25) is 4.99 Å². The normalized spacial score (nSPS) is 11.4. The molecule has 24 heavy (non-hydrogen) atoms. The van der Waals surface area contributed by atoms with Gasteiger partial charge in [0.25, 0.3) is 0 Å². The van der Waals surface area contributed by atoms with Gasteiger partial charge in [0.05, 0.1) is 5.69 Å². The lowest BCUT2D eigenvalue weighted by Gasteiger charge is -2.09. The van der Waals surface area contributed by atoms with Crippen LogP contribution < -0.4 is 0 Å². The SMILES string of the molecule is Cc1c(Cl)cccc1N=Cc1cc(C)n(-c2ccc(Br)cc2)c1C. The number of benzene rings is 2. The Balaban J connectivity index is 1.98. The third-order valence-corrected chi connectivity index (χ3v) is 5.08. The Morgan fingerprint density at radius 2 is 1.75 bits per heavy atom. The molecule has 0 radical (unpaired) electrons. The van der Waals surface area contributed by atoms with Crippen molar-refractivity contribution in [2.75, 3.05) is 0 Å². The molecule has 0 saturated carbocycles. The van der Waals surface area contributed by atoms with Crippen molar-refractivity contribution in [3.63, 3.8) is 0 Å². The van der Waals surface area contributed by atoms with Crippen molar-refractivity contribution >= 4 is 39.4 Å². The van der Waals surface area contributed by atoms with Gasteiger partial charge in [-0.15, -0.1) is 0 Å². The number of hydrogen-bond acceptors (Lipinski definition) is 1. The molecular formula is C20H18BrClN2. The van der Waals surface area contributed by atoms with Crippen molar-refractivity contribution in [2.45, 2.75) is 20.8 Å². The molecule has 0 spiro atoms. The summed E-state index contributed by atoms with van der Waals surface area (Å²) in [5.41, 5.74) is 6.49. The van der Waals surface area contributed by atoms with E-state index >= 15 is 0 Å². The van der Waals surface area contributed by atoms with E-state index in [9.17, 15) is 0 Å². The second kappa shape index (κ2) is 6.96. The summed E-state index contributed by atoms with van der Waals surface area (Å²) < 4.78 is 3.31. The first-order valence-electron chi connectivity index (χ1n) is 7.71. The molecule has 0 aliphatic carbocycles. The number of aromatic nitrogens is 1. The van der Waals surface area contributed by atoms with Crippen molar-refractivity contribution in [2.24, 2.45) is 4.99 Å². The van der Waals surface area contributed by atoms with Crippen molar-refractivity contribution in [1.29, 1.82) is 0 Å². The fourth-order valence-corrected chi connectivity index (χ4v) is 3.21. The van der Waals surface area contributed by atoms with Gasteiger partial charge < -0.3 is 4.57 Å². The molecule has 0 N–H and O–H groups in total. The minimum atomic E-state index is 0.741. The van der Waals surface area contributed by atoms with E-state index in [4.69, 9.17) is 11.6 Å². The quantitative estimate of drug-likeness (QED) is 0.442. The Bertz CT molecular complexity index is 908. The average molecular weight is 402 g/mol. The zero-order valence-electron chi connectivity index (χ0n) is 13.8. The first-order chi connectivity index (χ1) is 11.5. The summed E-state index contributed by atoms with van der Waals surface area (Å²) in [6.45, 7) is 6.21. The molecule has 2 nitrogen and oxygen atoms in total. The fourth-order valence-electron chi connectivity index (χ4n) is 2.78. The summed E-state index contributed by atoms with van der Waals surface area (Å²) in [5.74, 6) is 0. The third kappa shape index (κ3) is 3.33. The van der Waals surface area contributed by atoms with Crippen molar-refractivity contribution in [3.8, 4) is 5.69 Å². The van der Waals surface area contributed by atoms with Gasteiger partial charge in [-0.05, 0) is 68.8 Å². The molecule has 0 unspecified atom stereocenters. The summed E-state index contributed by atoms with van der Waals surface area (Å²) in [7, 11) is 0. The van der Waals surface area contributed by atoms with Crippen molar-refractivity contribution < 1.29 is 0 Å². The molecule has 3 rings (SSSR count). The molecule has 122 valence electrons. The number of halogens is 2. The van der Waals surface area contributed by atoms with E-state index in [0.717, 1.165) is 32.0 Å². The maximum atomic E-state index is 6.17. The van der Waals surface area contributed by atoms with Crippen LogP contribution in [0.25, 0.3) is 5.69 Å². The number of rotatable bonds is 3. The van der Waals surface area contributed by atoms with Gasteiger partial charge in [0.1, 0.15) is 0 Å². The van der Waals surface area contributed by atoms with Crippen LogP contribution >= 0.6 is 27.5 Å². The van der Waals surface area contributed by atoms with E-state index in [1.54, 1.807) is 0 Å². The minimum absolute atomic E-state index is 0.741. The van der Waals surface area contributed by atoms with E-state index in [1.165, 1.54) is 11.4 Å². The summed E-state index contributed by atoms with van der Waals surface area (Å²) in [4.78, 5) is 4.63. The molecule has 0 saturated heterocycles. The van der Waals surface area contributed by atoms with Crippen LogP contribution in [0.15, 0.2) is 58.0 Å². The summed E-state index contributed by atoms with van der Waals surface area (Å²) >= 11 is 9.65. The molecular weight excluding hydrogens is 384 g/mol.